The molecule has 1 aromatic rings. The highest BCUT2D eigenvalue weighted by Gasteiger charge is 2.41. The average molecular weight is 247 g/mol. The van der Waals surface area contributed by atoms with Crippen LogP contribution in [0.3, 0.4) is 0 Å². The predicted molar refractivity (Wildman–Crippen MR) is 69.6 cm³/mol. The van der Waals surface area contributed by atoms with Gasteiger partial charge in [-0.1, -0.05) is 0 Å². The highest BCUT2D eigenvalue weighted by atomic mass is 16.1. The molecule has 3 rings (SSSR count). The van der Waals surface area contributed by atoms with Crippen molar-refractivity contribution < 1.29 is 4.79 Å². The van der Waals surface area contributed by atoms with Crippen LogP contribution in [0, 0.1) is 5.41 Å². The summed E-state index contributed by atoms with van der Waals surface area (Å²) in [7, 11) is 0. The van der Waals surface area contributed by atoms with E-state index in [1.54, 1.807) is 0 Å². The molecule has 1 fully saturated rings. The smallest absolute Gasteiger partial charge is 0.181 e. The second kappa shape index (κ2) is 4.19. The lowest BCUT2D eigenvalue weighted by molar-refractivity contribution is 0.0592. The standard InChI is InChI=1S/C14H21N3O/c1-10(2)17-5-3-14(4-6-17)7-11-9-15-16-13(11)12(18)8-14/h9-10H,3-8H2,1-2H3,(H,15,16). The Balaban J connectivity index is 1.77. The molecule has 0 atom stereocenters. The van der Waals surface area contributed by atoms with Gasteiger partial charge in [0, 0.05) is 18.0 Å². The van der Waals surface area contributed by atoms with Crippen LogP contribution in [0.25, 0.3) is 0 Å². The monoisotopic (exact) mass is 247 g/mol. The van der Waals surface area contributed by atoms with Gasteiger partial charge in [0.05, 0.1) is 6.20 Å². The number of aromatic amines is 1. The number of nitrogens with zero attached hydrogens (tertiary/aromatic N) is 2. The average Bonchev–Trinajstić information content (AvgIpc) is 2.77. The number of ketones is 1. The molecule has 1 aliphatic carbocycles. The number of piperidine rings is 1. The van der Waals surface area contributed by atoms with Crippen LogP contribution in [0.4, 0.5) is 0 Å². The van der Waals surface area contributed by atoms with Crippen LogP contribution in [0.2, 0.25) is 0 Å². The van der Waals surface area contributed by atoms with Crippen LogP contribution in [0.1, 0.15) is 49.2 Å². The minimum atomic E-state index is 0.208. The molecule has 2 heterocycles. The molecular formula is C14H21N3O. The van der Waals surface area contributed by atoms with Crippen LogP contribution in [0.5, 0.6) is 0 Å². The minimum absolute atomic E-state index is 0.208. The quantitative estimate of drug-likeness (QED) is 0.826. The summed E-state index contributed by atoms with van der Waals surface area (Å²) in [6.07, 6.45) is 5.84. The van der Waals surface area contributed by atoms with Gasteiger partial charge in [0.15, 0.2) is 5.78 Å². The first-order valence-electron chi connectivity index (χ1n) is 6.89. The lowest BCUT2D eigenvalue weighted by Gasteiger charge is -2.44. The number of hydrogen-bond acceptors (Lipinski definition) is 3. The summed E-state index contributed by atoms with van der Waals surface area (Å²) in [5.41, 5.74) is 2.09. The van der Waals surface area contributed by atoms with Crippen LogP contribution >= 0.6 is 0 Å². The van der Waals surface area contributed by atoms with E-state index in [4.69, 9.17) is 0 Å². The van der Waals surface area contributed by atoms with E-state index in [1.807, 2.05) is 6.20 Å². The lowest BCUT2D eigenvalue weighted by atomic mass is 9.67. The van der Waals surface area contributed by atoms with E-state index in [0.29, 0.717) is 12.5 Å². The second-order valence-electron chi connectivity index (χ2n) is 6.18. The molecule has 0 bridgehead atoms. The van der Waals surface area contributed by atoms with Crippen LogP contribution < -0.4 is 0 Å². The third-order valence-electron chi connectivity index (χ3n) is 4.69. The molecule has 1 aromatic heterocycles. The highest BCUT2D eigenvalue weighted by Crippen LogP contribution is 2.43. The van der Waals surface area contributed by atoms with E-state index < -0.39 is 0 Å². The van der Waals surface area contributed by atoms with Gasteiger partial charge in [-0.15, -0.1) is 0 Å². The molecule has 1 spiro atoms. The third kappa shape index (κ3) is 1.88. The predicted octanol–water partition coefficient (Wildman–Crippen LogP) is 2.03. The lowest BCUT2D eigenvalue weighted by Crippen LogP contribution is -2.46. The molecule has 0 amide bonds. The van der Waals surface area contributed by atoms with Crippen molar-refractivity contribution in [2.75, 3.05) is 13.1 Å². The molecule has 1 saturated heterocycles. The summed E-state index contributed by atoms with van der Waals surface area (Å²) in [6.45, 7) is 6.74. The summed E-state index contributed by atoms with van der Waals surface area (Å²) in [4.78, 5) is 14.7. The first-order chi connectivity index (χ1) is 8.60. The first kappa shape index (κ1) is 11.9. The van der Waals surface area contributed by atoms with Crippen molar-refractivity contribution in [1.82, 2.24) is 15.1 Å². The van der Waals surface area contributed by atoms with Crippen molar-refractivity contribution in [3.63, 3.8) is 0 Å². The molecule has 98 valence electrons. The number of rotatable bonds is 1. The maximum absolute atomic E-state index is 12.2. The fourth-order valence-electron chi connectivity index (χ4n) is 3.45. The van der Waals surface area contributed by atoms with Gasteiger partial charge in [0.1, 0.15) is 5.69 Å². The Kier molecular flexibility index (Phi) is 2.77. The number of hydrogen-bond donors (Lipinski definition) is 1. The third-order valence-corrected chi connectivity index (χ3v) is 4.69. The molecule has 4 heteroatoms. The maximum Gasteiger partial charge on any atom is 0.181 e. The Labute approximate surface area is 108 Å². The van der Waals surface area contributed by atoms with E-state index in [1.165, 1.54) is 0 Å². The fraction of sp³-hybridized carbons (Fsp3) is 0.714. The SMILES string of the molecule is CC(C)N1CCC2(CC1)CC(=O)c1[nH]ncc1C2. The van der Waals surface area contributed by atoms with Gasteiger partial charge in [-0.3, -0.25) is 9.89 Å². The molecule has 0 radical (unpaired) electrons. The number of carbonyl (C=O) groups is 1. The number of aromatic nitrogens is 2. The van der Waals surface area contributed by atoms with Gasteiger partial charge in [-0.25, -0.2) is 0 Å². The summed E-state index contributed by atoms with van der Waals surface area (Å²) in [6, 6.07) is 0.617. The molecule has 0 aromatic carbocycles. The van der Waals surface area contributed by atoms with Crippen LogP contribution in [0.15, 0.2) is 6.20 Å². The number of fused-ring (bicyclic) bond motifs is 1. The molecular weight excluding hydrogens is 226 g/mol. The Morgan fingerprint density at radius 1 is 1.33 bits per heavy atom. The summed E-state index contributed by atoms with van der Waals surface area (Å²) in [5, 5.41) is 6.87. The number of H-pyrrole nitrogens is 1. The number of nitrogens with one attached hydrogen (secondary N) is 1. The van der Waals surface area contributed by atoms with Gasteiger partial charge in [-0.2, -0.15) is 5.10 Å². The van der Waals surface area contributed by atoms with Crippen molar-refractivity contribution in [1.29, 1.82) is 0 Å². The Hall–Kier alpha value is -1.16. The van der Waals surface area contributed by atoms with Gasteiger partial charge in [0.2, 0.25) is 0 Å². The topological polar surface area (TPSA) is 49.0 Å². The van der Waals surface area contributed by atoms with Crippen molar-refractivity contribution >= 4 is 5.78 Å². The van der Waals surface area contributed by atoms with E-state index in [-0.39, 0.29) is 11.2 Å². The largest absolute Gasteiger partial charge is 0.301 e. The molecule has 1 aliphatic heterocycles. The van der Waals surface area contributed by atoms with Gasteiger partial charge in [0.25, 0.3) is 0 Å². The molecule has 1 N–H and O–H groups in total. The zero-order chi connectivity index (χ0) is 12.8. The van der Waals surface area contributed by atoms with Gasteiger partial charge < -0.3 is 4.90 Å². The van der Waals surface area contributed by atoms with E-state index >= 15 is 0 Å². The fourth-order valence-corrected chi connectivity index (χ4v) is 3.45. The molecule has 0 saturated carbocycles. The molecule has 18 heavy (non-hydrogen) atoms. The normalized spacial score (nSPS) is 23.6. The first-order valence-corrected chi connectivity index (χ1v) is 6.89. The van der Waals surface area contributed by atoms with Crippen molar-refractivity contribution in [2.24, 2.45) is 5.41 Å². The highest BCUT2D eigenvalue weighted by molar-refractivity contribution is 5.97. The van der Waals surface area contributed by atoms with Crippen LogP contribution in [-0.2, 0) is 6.42 Å². The van der Waals surface area contributed by atoms with Crippen LogP contribution in [-0.4, -0.2) is 40.0 Å². The van der Waals surface area contributed by atoms with Gasteiger partial charge in [-0.05, 0) is 51.6 Å². The summed E-state index contributed by atoms with van der Waals surface area (Å²) in [5.74, 6) is 0.256. The number of Topliss-reactive ketones (excluding diaryl/α,β-unsaturated/α-hetero) is 1. The minimum Gasteiger partial charge on any atom is -0.301 e. The zero-order valence-corrected chi connectivity index (χ0v) is 11.2. The number of carbonyl (C=O) groups excluding carboxylic acids is 1. The Morgan fingerprint density at radius 2 is 2.06 bits per heavy atom. The van der Waals surface area contributed by atoms with Gasteiger partial charge >= 0.3 is 0 Å². The van der Waals surface area contributed by atoms with Crippen molar-refractivity contribution in [3.8, 4) is 0 Å². The molecule has 2 aliphatic rings. The van der Waals surface area contributed by atoms with E-state index in [2.05, 4.69) is 28.9 Å². The van der Waals surface area contributed by atoms with Crippen molar-refractivity contribution in [2.45, 2.75) is 45.6 Å². The molecule has 0 unspecified atom stereocenters. The zero-order valence-electron chi connectivity index (χ0n) is 11.2. The number of likely N-dealkylation sites (tertiary alicyclic amines) is 1. The van der Waals surface area contributed by atoms with Crippen molar-refractivity contribution in [3.05, 3.63) is 17.5 Å². The second-order valence-corrected chi connectivity index (χ2v) is 6.18. The molecule has 4 nitrogen and oxygen atoms in total. The Bertz CT molecular complexity index is 455. The summed E-state index contributed by atoms with van der Waals surface area (Å²) >= 11 is 0. The maximum atomic E-state index is 12.2. The summed E-state index contributed by atoms with van der Waals surface area (Å²) < 4.78 is 0. The van der Waals surface area contributed by atoms with E-state index in [0.717, 1.165) is 43.6 Å². The van der Waals surface area contributed by atoms with E-state index in [9.17, 15) is 4.79 Å². The Morgan fingerprint density at radius 3 is 2.72 bits per heavy atom.